The number of likely N-dealkylation sites (tertiary alicyclic amines) is 1. The molecule has 0 radical (unpaired) electrons. The van der Waals surface area contributed by atoms with Gasteiger partial charge in [0.2, 0.25) is 0 Å². The second kappa shape index (κ2) is 9.83. The first kappa shape index (κ1) is 21.2. The Morgan fingerprint density at radius 3 is 2.59 bits per heavy atom. The quantitative estimate of drug-likeness (QED) is 0.730. The fraction of sp³-hybridized carbons (Fsp3) is 0.522. The first-order valence-electron chi connectivity index (χ1n) is 10.4. The Bertz CT molecular complexity index is 807. The highest BCUT2D eigenvalue weighted by atomic mass is 16.5. The molecule has 0 unspecified atom stereocenters. The van der Waals surface area contributed by atoms with E-state index in [0.29, 0.717) is 36.1 Å². The first-order chi connectivity index (χ1) is 14.0. The van der Waals surface area contributed by atoms with Gasteiger partial charge in [0.15, 0.2) is 11.5 Å². The number of ether oxygens (including phenoxy) is 2. The van der Waals surface area contributed by atoms with Gasteiger partial charge < -0.3 is 24.1 Å². The highest BCUT2D eigenvalue weighted by molar-refractivity contribution is 5.94. The zero-order valence-corrected chi connectivity index (χ0v) is 17.9. The van der Waals surface area contributed by atoms with Gasteiger partial charge in [0, 0.05) is 37.7 Å². The van der Waals surface area contributed by atoms with Gasteiger partial charge in [0.1, 0.15) is 17.6 Å². The number of nitrogens with one attached hydrogen (secondary N) is 1. The van der Waals surface area contributed by atoms with Crippen molar-refractivity contribution < 1.29 is 18.7 Å². The third-order valence-corrected chi connectivity index (χ3v) is 5.38. The first-order valence-corrected chi connectivity index (χ1v) is 10.4. The zero-order valence-electron chi connectivity index (χ0n) is 17.9. The molecule has 0 bridgehead atoms. The number of nitrogens with zero attached hydrogens (tertiary/aromatic N) is 1. The van der Waals surface area contributed by atoms with Crippen LogP contribution < -0.4 is 14.8 Å². The van der Waals surface area contributed by atoms with Crippen LogP contribution in [0.4, 0.5) is 0 Å². The van der Waals surface area contributed by atoms with Crippen LogP contribution in [-0.4, -0.2) is 49.7 Å². The topological polar surface area (TPSA) is 63.9 Å². The van der Waals surface area contributed by atoms with Crippen LogP contribution in [0.5, 0.6) is 11.5 Å². The van der Waals surface area contributed by atoms with Gasteiger partial charge >= 0.3 is 0 Å². The van der Waals surface area contributed by atoms with Gasteiger partial charge in [-0.2, -0.15) is 0 Å². The summed E-state index contributed by atoms with van der Waals surface area (Å²) in [6, 6.07) is 9.76. The van der Waals surface area contributed by atoms with Crippen molar-refractivity contribution in [3.05, 3.63) is 47.4 Å². The number of carbonyl (C=O) groups excluding carboxylic acids is 1. The van der Waals surface area contributed by atoms with Gasteiger partial charge in [0.05, 0.1) is 7.11 Å². The summed E-state index contributed by atoms with van der Waals surface area (Å²) in [6.45, 7) is 8.92. The summed E-state index contributed by atoms with van der Waals surface area (Å²) in [5.41, 5.74) is 0.566. The number of benzene rings is 1. The van der Waals surface area contributed by atoms with E-state index in [2.05, 4.69) is 24.1 Å². The summed E-state index contributed by atoms with van der Waals surface area (Å²) < 4.78 is 17.2. The molecule has 1 aromatic heterocycles. The predicted octanol–water partition coefficient (Wildman–Crippen LogP) is 3.82. The maximum absolute atomic E-state index is 12.6. The van der Waals surface area contributed by atoms with Crippen LogP contribution in [-0.2, 0) is 6.42 Å². The average Bonchev–Trinajstić information content (AvgIpc) is 3.13. The number of hydrogen-bond donors (Lipinski definition) is 1. The Morgan fingerprint density at radius 1 is 1.21 bits per heavy atom. The third-order valence-electron chi connectivity index (χ3n) is 5.38. The van der Waals surface area contributed by atoms with Crippen molar-refractivity contribution in [2.45, 2.75) is 52.2 Å². The number of aryl methyl sites for hydroxylation is 1. The Hall–Kier alpha value is -2.47. The molecular formula is C23H32N2O4. The van der Waals surface area contributed by atoms with Gasteiger partial charge in [-0.25, -0.2) is 0 Å². The molecule has 2 aromatic rings. The predicted molar refractivity (Wildman–Crippen MR) is 113 cm³/mol. The molecule has 1 saturated heterocycles. The summed E-state index contributed by atoms with van der Waals surface area (Å²) in [4.78, 5) is 15.0. The van der Waals surface area contributed by atoms with E-state index in [9.17, 15) is 4.79 Å². The maximum atomic E-state index is 12.6. The molecule has 6 heteroatoms. The van der Waals surface area contributed by atoms with Crippen molar-refractivity contribution in [3.63, 3.8) is 0 Å². The number of piperidine rings is 1. The van der Waals surface area contributed by atoms with E-state index in [1.54, 1.807) is 25.3 Å². The van der Waals surface area contributed by atoms with Crippen molar-refractivity contribution in [1.82, 2.24) is 10.2 Å². The third kappa shape index (κ3) is 5.76. The summed E-state index contributed by atoms with van der Waals surface area (Å²) in [5, 5.41) is 2.94. The lowest BCUT2D eigenvalue weighted by Crippen LogP contribution is -2.41. The van der Waals surface area contributed by atoms with Crippen LogP contribution in [0.15, 0.2) is 34.7 Å². The van der Waals surface area contributed by atoms with Crippen molar-refractivity contribution in [2.24, 2.45) is 0 Å². The molecule has 0 atom stereocenters. The van der Waals surface area contributed by atoms with Crippen LogP contribution in [0, 0.1) is 6.92 Å². The van der Waals surface area contributed by atoms with Crippen molar-refractivity contribution in [3.8, 4) is 11.5 Å². The minimum Gasteiger partial charge on any atom is -0.493 e. The molecule has 1 fully saturated rings. The lowest BCUT2D eigenvalue weighted by atomic mass is 10.1. The van der Waals surface area contributed by atoms with E-state index in [1.165, 1.54) is 0 Å². The summed E-state index contributed by atoms with van der Waals surface area (Å²) in [6.07, 6.45) is 2.74. The van der Waals surface area contributed by atoms with E-state index in [0.717, 1.165) is 37.5 Å². The minimum absolute atomic E-state index is 0.129. The summed E-state index contributed by atoms with van der Waals surface area (Å²) >= 11 is 0. The lowest BCUT2D eigenvalue weighted by Gasteiger charge is -2.34. The molecule has 2 heterocycles. The van der Waals surface area contributed by atoms with E-state index in [4.69, 9.17) is 13.9 Å². The maximum Gasteiger partial charge on any atom is 0.251 e. The molecule has 1 N–H and O–H groups in total. The standard InChI is InChI=1S/C23H32N2O4/c1-16(2)25-13-10-20(11-14-25)29-22-15-18(6-8-21(22)27-4)23(26)24-12-9-19-7-5-17(3)28-19/h5-8,15-16,20H,9-14H2,1-4H3,(H,24,26). The Labute approximate surface area is 173 Å². The smallest absolute Gasteiger partial charge is 0.251 e. The molecule has 1 aliphatic rings. The summed E-state index contributed by atoms with van der Waals surface area (Å²) in [5.74, 6) is 2.90. The molecular weight excluding hydrogens is 368 g/mol. The highest BCUT2D eigenvalue weighted by Crippen LogP contribution is 2.31. The van der Waals surface area contributed by atoms with Gasteiger partial charge in [0.25, 0.3) is 5.91 Å². The molecule has 6 nitrogen and oxygen atoms in total. The Morgan fingerprint density at radius 2 is 1.97 bits per heavy atom. The van der Waals surface area contributed by atoms with E-state index in [-0.39, 0.29) is 12.0 Å². The number of hydrogen-bond acceptors (Lipinski definition) is 5. The van der Waals surface area contributed by atoms with Crippen molar-refractivity contribution >= 4 is 5.91 Å². The molecule has 158 valence electrons. The van der Waals surface area contributed by atoms with Gasteiger partial charge in [-0.15, -0.1) is 0 Å². The van der Waals surface area contributed by atoms with Crippen LogP contribution >= 0.6 is 0 Å². The average molecular weight is 401 g/mol. The molecule has 1 aromatic carbocycles. The second-order valence-electron chi connectivity index (χ2n) is 7.83. The normalized spacial score (nSPS) is 15.5. The molecule has 1 amide bonds. The van der Waals surface area contributed by atoms with Crippen LogP contribution in [0.25, 0.3) is 0 Å². The second-order valence-corrected chi connectivity index (χ2v) is 7.83. The lowest BCUT2D eigenvalue weighted by molar-refractivity contribution is 0.0819. The van der Waals surface area contributed by atoms with Crippen molar-refractivity contribution in [2.75, 3.05) is 26.7 Å². The van der Waals surface area contributed by atoms with E-state index in [1.807, 2.05) is 19.1 Å². The zero-order chi connectivity index (χ0) is 20.8. The van der Waals surface area contributed by atoms with Gasteiger partial charge in [-0.1, -0.05) is 0 Å². The highest BCUT2D eigenvalue weighted by Gasteiger charge is 2.23. The van der Waals surface area contributed by atoms with Crippen LogP contribution in [0.2, 0.25) is 0 Å². The molecule has 29 heavy (non-hydrogen) atoms. The van der Waals surface area contributed by atoms with Crippen LogP contribution in [0.1, 0.15) is 48.6 Å². The minimum atomic E-state index is -0.129. The number of methoxy groups -OCH3 is 1. The largest absolute Gasteiger partial charge is 0.493 e. The molecule has 0 saturated carbocycles. The van der Waals surface area contributed by atoms with E-state index < -0.39 is 0 Å². The van der Waals surface area contributed by atoms with Gasteiger partial charge in [-0.05, 0) is 63.9 Å². The van der Waals surface area contributed by atoms with Gasteiger partial charge in [-0.3, -0.25) is 4.79 Å². The van der Waals surface area contributed by atoms with Crippen LogP contribution in [0.3, 0.4) is 0 Å². The molecule has 1 aliphatic heterocycles. The van der Waals surface area contributed by atoms with Crippen molar-refractivity contribution in [1.29, 1.82) is 0 Å². The number of rotatable bonds is 8. The number of carbonyl (C=O) groups is 1. The summed E-state index contributed by atoms with van der Waals surface area (Å²) in [7, 11) is 1.62. The Balaban J connectivity index is 1.58. The molecule has 0 aliphatic carbocycles. The molecule has 3 rings (SSSR count). The Kier molecular flexibility index (Phi) is 7.20. The number of furan rings is 1. The molecule has 0 spiro atoms. The van der Waals surface area contributed by atoms with E-state index >= 15 is 0 Å². The monoisotopic (exact) mass is 400 g/mol. The SMILES string of the molecule is COc1ccc(C(=O)NCCc2ccc(C)o2)cc1OC1CCN(C(C)C)CC1. The fourth-order valence-corrected chi connectivity index (χ4v) is 3.62. The number of amides is 1. The fourth-order valence-electron chi connectivity index (χ4n) is 3.62.